The highest BCUT2D eigenvalue weighted by atomic mass is 79.9. The molecule has 0 saturated carbocycles. The quantitative estimate of drug-likeness (QED) is 0.733. The molecule has 0 bridgehead atoms. The second kappa shape index (κ2) is 5.15. The number of nitrogens with two attached hydrogens (primary N) is 1. The van der Waals surface area contributed by atoms with Crippen LogP contribution in [0.25, 0.3) is 0 Å². The Balaban J connectivity index is 1.85. The van der Waals surface area contributed by atoms with Gasteiger partial charge in [-0.3, -0.25) is 0 Å². The second-order valence-corrected chi connectivity index (χ2v) is 7.87. The standard InChI is InChI=1S/C12H15BrN4O3S/c13-10-5-9(1-2-11(10)14)21(19,20)16-3-4-17-8(7-16)6-15-12(17)18/h1-2,5,8H,3-4,6-7,14H2,(H,15,18). The molecule has 3 rings (SSSR count). The Bertz CT molecular complexity index is 694. The first kappa shape index (κ1) is 14.6. The summed E-state index contributed by atoms with van der Waals surface area (Å²) in [6.07, 6.45) is 0. The summed E-state index contributed by atoms with van der Waals surface area (Å²) in [5, 5.41) is 2.73. The normalized spacial score (nSPS) is 23.0. The van der Waals surface area contributed by atoms with Crippen LogP contribution in [0, 0.1) is 0 Å². The number of hydrogen-bond acceptors (Lipinski definition) is 4. The average molecular weight is 375 g/mol. The molecule has 1 aromatic carbocycles. The summed E-state index contributed by atoms with van der Waals surface area (Å²) in [7, 11) is -3.58. The van der Waals surface area contributed by atoms with Crippen LogP contribution < -0.4 is 11.1 Å². The number of halogens is 1. The monoisotopic (exact) mass is 374 g/mol. The fourth-order valence-electron chi connectivity index (χ4n) is 2.61. The first-order valence-electron chi connectivity index (χ1n) is 6.49. The van der Waals surface area contributed by atoms with Gasteiger partial charge >= 0.3 is 6.03 Å². The van der Waals surface area contributed by atoms with Gasteiger partial charge in [0.25, 0.3) is 0 Å². The smallest absolute Gasteiger partial charge is 0.317 e. The van der Waals surface area contributed by atoms with Gasteiger partial charge in [-0.05, 0) is 34.1 Å². The summed E-state index contributed by atoms with van der Waals surface area (Å²) in [6, 6.07) is 4.36. The van der Waals surface area contributed by atoms with Crippen molar-refractivity contribution in [2.75, 3.05) is 31.9 Å². The highest BCUT2D eigenvalue weighted by Gasteiger charge is 2.39. The van der Waals surface area contributed by atoms with Crippen molar-refractivity contribution < 1.29 is 13.2 Å². The van der Waals surface area contributed by atoms with E-state index in [1.165, 1.54) is 16.4 Å². The Morgan fingerprint density at radius 2 is 2.10 bits per heavy atom. The molecule has 0 aliphatic carbocycles. The first-order chi connectivity index (χ1) is 9.89. The van der Waals surface area contributed by atoms with Crippen molar-refractivity contribution in [1.82, 2.24) is 14.5 Å². The lowest BCUT2D eigenvalue weighted by atomic mass is 10.2. The largest absolute Gasteiger partial charge is 0.398 e. The molecular weight excluding hydrogens is 360 g/mol. The Labute approximate surface area is 131 Å². The van der Waals surface area contributed by atoms with Crippen molar-refractivity contribution >= 4 is 37.7 Å². The Hall–Kier alpha value is -1.32. The van der Waals surface area contributed by atoms with Crippen molar-refractivity contribution in [2.45, 2.75) is 10.9 Å². The molecule has 7 nitrogen and oxygen atoms in total. The van der Waals surface area contributed by atoms with Crippen molar-refractivity contribution in [2.24, 2.45) is 0 Å². The van der Waals surface area contributed by atoms with Crippen molar-refractivity contribution in [1.29, 1.82) is 0 Å². The van der Waals surface area contributed by atoms with Crippen LogP contribution in [0.1, 0.15) is 0 Å². The van der Waals surface area contributed by atoms with E-state index in [1.54, 1.807) is 11.0 Å². The minimum Gasteiger partial charge on any atom is -0.398 e. The molecule has 0 spiro atoms. The van der Waals surface area contributed by atoms with E-state index in [9.17, 15) is 13.2 Å². The number of amides is 2. The van der Waals surface area contributed by atoms with E-state index in [2.05, 4.69) is 21.2 Å². The molecule has 21 heavy (non-hydrogen) atoms. The lowest BCUT2D eigenvalue weighted by Gasteiger charge is -2.35. The number of carbonyl (C=O) groups excluding carboxylic acids is 1. The lowest BCUT2D eigenvalue weighted by Crippen LogP contribution is -2.53. The lowest BCUT2D eigenvalue weighted by molar-refractivity contribution is 0.164. The summed E-state index contributed by atoms with van der Waals surface area (Å²) < 4.78 is 27.3. The van der Waals surface area contributed by atoms with Crippen LogP contribution >= 0.6 is 15.9 Å². The number of sulfonamides is 1. The summed E-state index contributed by atoms with van der Waals surface area (Å²) >= 11 is 3.24. The zero-order valence-corrected chi connectivity index (χ0v) is 13.5. The maximum Gasteiger partial charge on any atom is 0.317 e. The van der Waals surface area contributed by atoms with Crippen LogP contribution in [0.2, 0.25) is 0 Å². The van der Waals surface area contributed by atoms with Gasteiger partial charge in [0.05, 0.1) is 10.9 Å². The fourth-order valence-corrected chi connectivity index (χ4v) is 4.64. The average Bonchev–Trinajstić information content (AvgIpc) is 2.83. The molecule has 2 heterocycles. The van der Waals surface area contributed by atoms with Gasteiger partial charge in [0.15, 0.2) is 0 Å². The van der Waals surface area contributed by atoms with E-state index >= 15 is 0 Å². The third-order valence-corrected chi connectivity index (χ3v) is 6.35. The summed E-state index contributed by atoms with van der Waals surface area (Å²) in [5.41, 5.74) is 6.18. The molecule has 0 radical (unpaired) electrons. The number of nitrogen functional groups attached to an aromatic ring is 1. The van der Waals surface area contributed by atoms with Gasteiger partial charge < -0.3 is 16.0 Å². The molecule has 2 aliphatic heterocycles. The number of carbonyl (C=O) groups is 1. The van der Waals surface area contributed by atoms with Crippen LogP contribution in [-0.4, -0.2) is 55.9 Å². The Morgan fingerprint density at radius 1 is 1.33 bits per heavy atom. The van der Waals surface area contributed by atoms with E-state index in [4.69, 9.17) is 5.73 Å². The van der Waals surface area contributed by atoms with E-state index in [1.807, 2.05) is 0 Å². The van der Waals surface area contributed by atoms with Crippen LogP contribution in [0.5, 0.6) is 0 Å². The van der Waals surface area contributed by atoms with Gasteiger partial charge in [-0.25, -0.2) is 13.2 Å². The van der Waals surface area contributed by atoms with Crippen LogP contribution in [0.3, 0.4) is 0 Å². The van der Waals surface area contributed by atoms with E-state index in [0.29, 0.717) is 36.3 Å². The predicted octanol–water partition coefficient (Wildman–Crippen LogP) is 0.429. The van der Waals surface area contributed by atoms with Crippen molar-refractivity contribution in [3.05, 3.63) is 22.7 Å². The molecule has 114 valence electrons. The van der Waals surface area contributed by atoms with Crippen molar-refractivity contribution in [3.63, 3.8) is 0 Å². The summed E-state index contributed by atoms with van der Waals surface area (Å²) in [4.78, 5) is 13.4. The molecule has 2 amide bonds. The van der Waals surface area contributed by atoms with Crippen LogP contribution in [0.4, 0.5) is 10.5 Å². The summed E-state index contributed by atoms with van der Waals surface area (Å²) in [5.74, 6) is 0. The SMILES string of the molecule is Nc1ccc(S(=O)(=O)N2CCN3C(=O)NCC3C2)cc1Br. The van der Waals surface area contributed by atoms with E-state index < -0.39 is 10.0 Å². The third kappa shape index (κ3) is 2.49. The molecule has 2 aliphatic rings. The molecule has 2 fully saturated rings. The first-order valence-corrected chi connectivity index (χ1v) is 8.72. The molecule has 1 atom stereocenters. The van der Waals surface area contributed by atoms with Gasteiger partial charge in [0.2, 0.25) is 10.0 Å². The van der Waals surface area contributed by atoms with E-state index in [-0.39, 0.29) is 17.0 Å². The number of fused-ring (bicyclic) bond motifs is 1. The third-order valence-electron chi connectivity index (χ3n) is 3.80. The Morgan fingerprint density at radius 3 is 2.81 bits per heavy atom. The highest BCUT2D eigenvalue weighted by molar-refractivity contribution is 9.10. The molecule has 1 aromatic rings. The predicted molar refractivity (Wildman–Crippen MR) is 81.2 cm³/mol. The minimum absolute atomic E-state index is 0.0988. The molecule has 0 aromatic heterocycles. The number of hydrogen-bond donors (Lipinski definition) is 2. The number of piperazine rings is 1. The molecule has 1 unspecified atom stereocenters. The van der Waals surface area contributed by atoms with E-state index in [0.717, 1.165) is 0 Å². The zero-order valence-electron chi connectivity index (χ0n) is 11.1. The van der Waals surface area contributed by atoms with Gasteiger partial charge in [-0.2, -0.15) is 4.31 Å². The second-order valence-electron chi connectivity index (χ2n) is 5.08. The van der Waals surface area contributed by atoms with Gasteiger partial charge in [-0.1, -0.05) is 0 Å². The minimum atomic E-state index is -3.58. The van der Waals surface area contributed by atoms with Gasteiger partial charge in [-0.15, -0.1) is 0 Å². The maximum atomic E-state index is 12.7. The number of nitrogens with zero attached hydrogens (tertiary/aromatic N) is 2. The number of rotatable bonds is 2. The molecule has 2 saturated heterocycles. The Kier molecular flexibility index (Phi) is 3.58. The van der Waals surface area contributed by atoms with Gasteiger partial charge in [0, 0.05) is 36.3 Å². The zero-order chi connectivity index (χ0) is 15.2. The number of anilines is 1. The number of nitrogens with one attached hydrogen (secondary N) is 1. The topological polar surface area (TPSA) is 95.7 Å². The number of benzene rings is 1. The van der Waals surface area contributed by atoms with Crippen LogP contribution in [0.15, 0.2) is 27.6 Å². The summed E-state index contributed by atoms with van der Waals surface area (Å²) in [6.45, 7) is 1.50. The fraction of sp³-hybridized carbons (Fsp3) is 0.417. The van der Waals surface area contributed by atoms with Crippen molar-refractivity contribution in [3.8, 4) is 0 Å². The maximum absolute atomic E-state index is 12.7. The molecule has 3 N–H and O–H groups in total. The van der Waals surface area contributed by atoms with Gasteiger partial charge in [0.1, 0.15) is 0 Å². The van der Waals surface area contributed by atoms with Crippen LogP contribution in [-0.2, 0) is 10.0 Å². The highest BCUT2D eigenvalue weighted by Crippen LogP contribution is 2.27. The number of urea groups is 1. The molecular formula is C12H15BrN4O3S. The molecule has 9 heteroatoms.